The fraction of sp³-hybridized carbons (Fsp3) is 0.667. The Labute approximate surface area is 91.8 Å². The average molecular weight is 227 g/mol. The molecule has 0 atom stereocenters. The molecule has 0 spiro atoms. The van der Waals surface area contributed by atoms with Crippen molar-refractivity contribution in [3.05, 3.63) is 5.69 Å². The van der Waals surface area contributed by atoms with Crippen molar-refractivity contribution in [3.63, 3.8) is 0 Å². The summed E-state index contributed by atoms with van der Waals surface area (Å²) >= 11 is 0.940. The highest BCUT2D eigenvalue weighted by Crippen LogP contribution is 2.22. The second-order valence-electron chi connectivity index (χ2n) is 3.75. The molecule has 1 aliphatic rings. The molecule has 0 unspecified atom stereocenters. The summed E-state index contributed by atoms with van der Waals surface area (Å²) in [6.07, 6.45) is 5.88. The fourth-order valence-corrected chi connectivity index (χ4v) is 2.37. The van der Waals surface area contributed by atoms with E-state index in [0.717, 1.165) is 24.6 Å². The van der Waals surface area contributed by atoms with Gasteiger partial charge in [-0.25, -0.2) is 4.79 Å². The molecule has 0 aromatic carbocycles. The molecule has 0 aliphatic heterocycles. The van der Waals surface area contributed by atoms with E-state index >= 15 is 0 Å². The summed E-state index contributed by atoms with van der Waals surface area (Å²) in [5.74, 6) is -0.582. The summed E-state index contributed by atoms with van der Waals surface area (Å²) in [6.45, 7) is 0. The third kappa shape index (κ3) is 2.44. The fourth-order valence-electron chi connectivity index (χ4n) is 1.86. The predicted octanol–water partition coefficient (Wildman–Crippen LogP) is 1.98. The van der Waals surface area contributed by atoms with Gasteiger partial charge in [0, 0.05) is 6.04 Å². The highest BCUT2D eigenvalue weighted by Gasteiger charge is 2.19. The Balaban J connectivity index is 2.03. The molecule has 5 nitrogen and oxygen atoms in total. The van der Waals surface area contributed by atoms with E-state index in [1.807, 2.05) is 0 Å². The molecule has 0 bridgehead atoms. The molecule has 1 fully saturated rings. The summed E-state index contributed by atoms with van der Waals surface area (Å²) < 4.78 is 7.72. The van der Waals surface area contributed by atoms with Crippen LogP contribution in [0.2, 0.25) is 0 Å². The van der Waals surface area contributed by atoms with Gasteiger partial charge in [0.2, 0.25) is 5.69 Å². The third-order valence-corrected chi connectivity index (χ3v) is 3.17. The van der Waals surface area contributed by atoms with Crippen LogP contribution in [0.25, 0.3) is 0 Å². The molecule has 15 heavy (non-hydrogen) atoms. The van der Waals surface area contributed by atoms with Gasteiger partial charge in [0.25, 0.3) is 0 Å². The van der Waals surface area contributed by atoms with Gasteiger partial charge in [-0.05, 0) is 12.8 Å². The van der Waals surface area contributed by atoms with Gasteiger partial charge < -0.3 is 10.4 Å². The number of hydrogen-bond acceptors (Lipinski definition) is 5. The van der Waals surface area contributed by atoms with Crippen molar-refractivity contribution in [1.29, 1.82) is 0 Å². The zero-order valence-electron chi connectivity index (χ0n) is 8.27. The molecule has 82 valence electrons. The molecule has 0 amide bonds. The van der Waals surface area contributed by atoms with Gasteiger partial charge in [-0.15, -0.1) is 0 Å². The van der Waals surface area contributed by atoms with Crippen LogP contribution in [0.1, 0.15) is 42.6 Å². The Morgan fingerprint density at radius 1 is 1.33 bits per heavy atom. The second kappa shape index (κ2) is 4.57. The lowest BCUT2D eigenvalue weighted by atomic mass is 9.95. The van der Waals surface area contributed by atoms with E-state index in [1.165, 1.54) is 19.3 Å². The molecule has 6 heteroatoms. The summed E-state index contributed by atoms with van der Waals surface area (Å²) in [5.41, 5.74) is 0.0468. The molecule has 1 aromatic rings. The molecule has 1 heterocycles. The van der Waals surface area contributed by atoms with Crippen LogP contribution in [-0.4, -0.2) is 25.9 Å². The molecule has 1 aliphatic carbocycles. The minimum atomic E-state index is -1.01. The maximum absolute atomic E-state index is 10.8. The van der Waals surface area contributed by atoms with E-state index in [2.05, 4.69) is 14.1 Å². The zero-order chi connectivity index (χ0) is 10.7. The topological polar surface area (TPSA) is 75.1 Å². The van der Waals surface area contributed by atoms with Gasteiger partial charge in [0.1, 0.15) is 0 Å². The van der Waals surface area contributed by atoms with E-state index in [9.17, 15) is 4.79 Å². The standard InChI is InChI=1S/C9H13N3O2S/c13-9(14)7-8(12-15-11-7)10-6-4-2-1-3-5-6/h6H,1-5H2,(H,10,12)(H,13,14). The Morgan fingerprint density at radius 2 is 2.07 bits per heavy atom. The van der Waals surface area contributed by atoms with Crippen LogP contribution in [0.3, 0.4) is 0 Å². The number of hydrogen-bond donors (Lipinski definition) is 2. The minimum Gasteiger partial charge on any atom is -0.476 e. The van der Waals surface area contributed by atoms with Crippen molar-refractivity contribution in [2.24, 2.45) is 0 Å². The van der Waals surface area contributed by atoms with Gasteiger partial charge in [-0.3, -0.25) is 0 Å². The first-order chi connectivity index (χ1) is 7.27. The van der Waals surface area contributed by atoms with Crippen molar-refractivity contribution >= 4 is 23.5 Å². The molecule has 1 aromatic heterocycles. The van der Waals surface area contributed by atoms with E-state index in [4.69, 9.17) is 5.11 Å². The molecule has 1 saturated carbocycles. The van der Waals surface area contributed by atoms with Crippen LogP contribution in [0.15, 0.2) is 0 Å². The van der Waals surface area contributed by atoms with Crippen molar-refractivity contribution in [3.8, 4) is 0 Å². The van der Waals surface area contributed by atoms with E-state index in [-0.39, 0.29) is 5.69 Å². The Hall–Kier alpha value is -1.17. The number of carbonyl (C=O) groups is 1. The van der Waals surface area contributed by atoms with Crippen molar-refractivity contribution < 1.29 is 9.90 Å². The van der Waals surface area contributed by atoms with Gasteiger partial charge in [0.05, 0.1) is 11.7 Å². The minimum absolute atomic E-state index is 0.0468. The average Bonchev–Trinajstić information content (AvgIpc) is 2.67. The smallest absolute Gasteiger partial charge is 0.359 e. The van der Waals surface area contributed by atoms with Gasteiger partial charge in [-0.1, -0.05) is 19.3 Å². The normalized spacial score (nSPS) is 17.6. The molecular formula is C9H13N3O2S. The number of anilines is 1. The lowest BCUT2D eigenvalue weighted by Crippen LogP contribution is -2.23. The Bertz CT molecular complexity index is 347. The number of nitrogens with zero attached hydrogens (tertiary/aromatic N) is 2. The maximum atomic E-state index is 10.8. The van der Waals surface area contributed by atoms with Crippen LogP contribution in [-0.2, 0) is 0 Å². The van der Waals surface area contributed by atoms with Crippen LogP contribution >= 0.6 is 11.7 Å². The lowest BCUT2D eigenvalue weighted by Gasteiger charge is -2.22. The Kier molecular flexibility index (Phi) is 3.15. The SMILES string of the molecule is O=C(O)c1nsnc1NC1CCCCC1. The summed E-state index contributed by atoms with van der Waals surface area (Å²) in [6, 6.07) is 0.362. The number of aromatic carboxylic acids is 1. The van der Waals surface area contributed by atoms with Gasteiger partial charge in [-0.2, -0.15) is 8.75 Å². The number of rotatable bonds is 3. The number of nitrogens with one attached hydrogen (secondary N) is 1. The largest absolute Gasteiger partial charge is 0.476 e. The first-order valence-electron chi connectivity index (χ1n) is 5.10. The maximum Gasteiger partial charge on any atom is 0.359 e. The van der Waals surface area contributed by atoms with Crippen LogP contribution in [0, 0.1) is 0 Å². The summed E-state index contributed by atoms with van der Waals surface area (Å²) in [5, 5.41) is 12.0. The first-order valence-corrected chi connectivity index (χ1v) is 5.83. The Morgan fingerprint density at radius 3 is 2.73 bits per heavy atom. The van der Waals surface area contributed by atoms with Gasteiger partial charge in [0.15, 0.2) is 5.82 Å². The van der Waals surface area contributed by atoms with Crippen LogP contribution < -0.4 is 5.32 Å². The highest BCUT2D eigenvalue weighted by molar-refractivity contribution is 6.99. The van der Waals surface area contributed by atoms with E-state index in [1.54, 1.807) is 0 Å². The zero-order valence-corrected chi connectivity index (χ0v) is 9.09. The summed E-state index contributed by atoms with van der Waals surface area (Å²) in [4.78, 5) is 10.8. The third-order valence-electron chi connectivity index (χ3n) is 2.64. The van der Waals surface area contributed by atoms with Crippen LogP contribution in [0.4, 0.5) is 5.82 Å². The van der Waals surface area contributed by atoms with Crippen molar-refractivity contribution in [2.45, 2.75) is 38.1 Å². The second-order valence-corrected chi connectivity index (χ2v) is 4.27. The quantitative estimate of drug-likeness (QED) is 0.825. The molecular weight excluding hydrogens is 214 g/mol. The lowest BCUT2D eigenvalue weighted by molar-refractivity contribution is 0.0692. The molecule has 0 radical (unpaired) electrons. The first kappa shape index (κ1) is 10.4. The number of aromatic nitrogens is 2. The van der Waals surface area contributed by atoms with E-state index in [0.29, 0.717) is 11.9 Å². The molecule has 2 N–H and O–H groups in total. The van der Waals surface area contributed by atoms with Crippen molar-refractivity contribution in [2.75, 3.05) is 5.32 Å². The molecule has 2 rings (SSSR count). The predicted molar refractivity (Wildman–Crippen MR) is 57.4 cm³/mol. The van der Waals surface area contributed by atoms with Crippen molar-refractivity contribution in [1.82, 2.24) is 8.75 Å². The highest BCUT2D eigenvalue weighted by atomic mass is 32.1. The number of carboxylic acids is 1. The van der Waals surface area contributed by atoms with E-state index < -0.39 is 5.97 Å². The summed E-state index contributed by atoms with van der Waals surface area (Å²) in [7, 11) is 0. The van der Waals surface area contributed by atoms with Gasteiger partial charge >= 0.3 is 5.97 Å². The number of carboxylic acid groups (broad SMARTS) is 1. The monoisotopic (exact) mass is 227 g/mol. The van der Waals surface area contributed by atoms with Crippen LogP contribution in [0.5, 0.6) is 0 Å². The molecule has 0 saturated heterocycles.